The number of aliphatic hydroxyl groups is 1. The minimum absolute atomic E-state index is 0.155. The molecule has 3 heteroatoms. The van der Waals surface area contributed by atoms with Crippen LogP contribution in [0.3, 0.4) is 0 Å². The van der Waals surface area contributed by atoms with Crippen LogP contribution in [0.4, 0.5) is 0 Å². The van der Waals surface area contributed by atoms with E-state index in [1.54, 1.807) is 0 Å². The van der Waals surface area contributed by atoms with E-state index in [2.05, 4.69) is 25.3 Å². The highest BCUT2D eigenvalue weighted by Gasteiger charge is 1.97. The van der Waals surface area contributed by atoms with E-state index in [1.807, 2.05) is 0 Å². The third-order valence-electron chi connectivity index (χ3n) is 0.906. The van der Waals surface area contributed by atoms with E-state index in [-0.39, 0.29) is 11.9 Å². The second-order valence-electron chi connectivity index (χ2n) is 1.70. The third-order valence-corrected chi connectivity index (χ3v) is 1.64. The molecule has 0 aliphatic heterocycles. The molecule has 0 spiro atoms. The molecular formula is C5H12OS2. The third kappa shape index (κ3) is 4.81. The normalized spacial score (nSPS) is 13.9. The first-order chi connectivity index (χ1) is 3.81. The Hall–Kier alpha value is 0.660. The first kappa shape index (κ1) is 8.66. The second kappa shape index (κ2) is 5.79. The van der Waals surface area contributed by atoms with Crippen molar-refractivity contribution in [2.24, 2.45) is 0 Å². The molecule has 0 aliphatic carbocycles. The number of aliphatic hydroxyl groups excluding tert-OH is 1. The molecule has 0 radical (unpaired) electrons. The number of hydrogen-bond donors (Lipinski definition) is 3. The van der Waals surface area contributed by atoms with Gasteiger partial charge in [0, 0.05) is 5.25 Å². The van der Waals surface area contributed by atoms with Gasteiger partial charge in [-0.05, 0) is 18.6 Å². The van der Waals surface area contributed by atoms with Crippen LogP contribution in [-0.2, 0) is 0 Å². The van der Waals surface area contributed by atoms with Crippen molar-refractivity contribution in [3.8, 4) is 0 Å². The van der Waals surface area contributed by atoms with Crippen LogP contribution < -0.4 is 0 Å². The molecule has 0 aliphatic rings. The van der Waals surface area contributed by atoms with Gasteiger partial charge in [0.05, 0.1) is 6.61 Å². The van der Waals surface area contributed by atoms with Crippen LogP contribution in [0.1, 0.15) is 12.8 Å². The number of rotatable bonds is 4. The average Bonchev–Trinajstić information content (AvgIpc) is 1.83. The molecule has 0 amide bonds. The van der Waals surface area contributed by atoms with Crippen molar-refractivity contribution in [3.63, 3.8) is 0 Å². The van der Waals surface area contributed by atoms with Crippen molar-refractivity contribution in [2.75, 3.05) is 12.4 Å². The van der Waals surface area contributed by atoms with Gasteiger partial charge in [-0.1, -0.05) is 0 Å². The second-order valence-corrected chi connectivity index (χ2v) is 2.88. The maximum atomic E-state index is 8.46. The molecule has 0 fully saturated rings. The van der Waals surface area contributed by atoms with Gasteiger partial charge < -0.3 is 5.11 Å². The van der Waals surface area contributed by atoms with E-state index < -0.39 is 0 Å². The minimum atomic E-state index is 0.155. The Labute approximate surface area is 61.3 Å². The highest BCUT2D eigenvalue weighted by Crippen LogP contribution is 2.03. The number of thiol groups is 2. The van der Waals surface area contributed by atoms with Gasteiger partial charge in [-0.2, -0.15) is 25.3 Å². The summed E-state index contributed by atoms with van der Waals surface area (Å²) in [4.78, 5) is 0. The standard InChI is InChI=1S/C5H12OS2/c6-4-5(8)2-1-3-7/h5-8H,1-4H2. The van der Waals surface area contributed by atoms with Crippen LogP contribution in [0.5, 0.6) is 0 Å². The van der Waals surface area contributed by atoms with Crippen LogP contribution in [0.2, 0.25) is 0 Å². The molecule has 1 nitrogen and oxygen atoms in total. The molecule has 0 bridgehead atoms. The van der Waals surface area contributed by atoms with Crippen molar-refractivity contribution in [1.82, 2.24) is 0 Å². The van der Waals surface area contributed by atoms with Crippen LogP contribution in [0.25, 0.3) is 0 Å². The topological polar surface area (TPSA) is 20.2 Å². The summed E-state index contributed by atoms with van der Waals surface area (Å²) in [6, 6.07) is 0. The quantitative estimate of drug-likeness (QED) is 0.513. The van der Waals surface area contributed by atoms with Crippen LogP contribution in [0.15, 0.2) is 0 Å². The fourth-order valence-corrected chi connectivity index (χ4v) is 0.783. The van der Waals surface area contributed by atoms with Crippen LogP contribution >= 0.6 is 25.3 Å². The summed E-state index contributed by atoms with van der Waals surface area (Å²) < 4.78 is 0. The molecule has 0 aromatic rings. The summed E-state index contributed by atoms with van der Waals surface area (Å²) >= 11 is 8.10. The molecule has 1 unspecified atom stereocenters. The molecule has 0 aromatic heterocycles. The Morgan fingerprint density at radius 1 is 1.50 bits per heavy atom. The lowest BCUT2D eigenvalue weighted by molar-refractivity contribution is 0.291. The van der Waals surface area contributed by atoms with Gasteiger partial charge in [0.1, 0.15) is 0 Å². The SMILES string of the molecule is OCC(S)CCCS. The fraction of sp³-hybridized carbons (Fsp3) is 1.00. The summed E-state index contributed by atoms with van der Waals surface area (Å²) in [7, 11) is 0. The zero-order chi connectivity index (χ0) is 6.41. The van der Waals surface area contributed by atoms with E-state index in [9.17, 15) is 0 Å². The van der Waals surface area contributed by atoms with Crippen molar-refractivity contribution >= 4 is 25.3 Å². The number of hydrogen-bond acceptors (Lipinski definition) is 3. The van der Waals surface area contributed by atoms with E-state index in [4.69, 9.17) is 5.11 Å². The molecule has 0 heterocycles. The van der Waals surface area contributed by atoms with Crippen LogP contribution in [0, 0.1) is 0 Å². The van der Waals surface area contributed by atoms with Crippen molar-refractivity contribution in [2.45, 2.75) is 18.1 Å². The van der Waals surface area contributed by atoms with Gasteiger partial charge in [-0.25, -0.2) is 0 Å². The Bertz CT molecular complexity index is 49.7. The molecular weight excluding hydrogens is 140 g/mol. The first-order valence-electron chi connectivity index (χ1n) is 2.71. The Balaban J connectivity index is 2.86. The lowest BCUT2D eigenvalue weighted by atomic mass is 10.2. The van der Waals surface area contributed by atoms with E-state index >= 15 is 0 Å². The molecule has 50 valence electrons. The smallest absolute Gasteiger partial charge is 0.0547 e. The monoisotopic (exact) mass is 152 g/mol. The summed E-state index contributed by atoms with van der Waals surface area (Å²) in [5.41, 5.74) is 0. The Morgan fingerprint density at radius 3 is 2.50 bits per heavy atom. The summed E-state index contributed by atoms with van der Waals surface area (Å²) in [6.07, 6.45) is 2.00. The summed E-state index contributed by atoms with van der Waals surface area (Å²) in [5.74, 6) is 0.886. The van der Waals surface area contributed by atoms with Crippen LogP contribution in [-0.4, -0.2) is 22.7 Å². The maximum absolute atomic E-state index is 8.46. The molecule has 1 atom stereocenters. The van der Waals surface area contributed by atoms with E-state index in [1.165, 1.54) is 0 Å². The van der Waals surface area contributed by atoms with Crippen molar-refractivity contribution in [1.29, 1.82) is 0 Å². The van der Waals surface area contributed by atoms with Gasteiger partial charge in [-0.15, -0.1) is 0 Å². The molecule has 0 aromatic carbocycles. The zero-order valence-corrected chi connectivity index (χ0v) is 6.54. The Kier molecular flexibility index (Phi) is 6.27. The van der Waals surface area contributed by atoms with Gasteiger partial charge in [0.15, 0.2) is 0 Å². The molecule has 0 rings (SSSR count). The van der Waals surface area contributed by atoms with Crippen molar-refractivity contribution < 1.29 is 5.11 Å². The molecule has 1 N–H and O–H groups in total. The van der Waals surface area contributed by atoms with Crippen molar-refractivity contribution in [3.05, 3.63) is 0 Å². The fourth-order valence-electron chi connectivity index (χ4n) is 0.418. The zero-order valence-electron chi connectivity index (χ0n) is 4.75. The highest BCUT2D eigenvalue weighted by atomic mass is 32.1. The molecule has 8 heavy (non-hydrogen) atoms. The largest absolute Gasteiger partial charge is 0.395 e. The average molecular weight is 152 g/mol. The predicted molar refractivity (Wildman–Crippen MR) is 42.9 cm³/mol. The molecule has 0 saturated carbocycles. The van der Waals surface area contributed by atoms with E-state index in [0.29, 0.717) is 0 Å². The summed E-state index contributed by atoms with van der Waals surface area (Å²) in [6.45, 7) is 0.177. The predicted octanol–water partition coefficient (Wildman–Crippen LogP) is 0.987. The van der Waals surface area contributed by atoms with Gasteiger partial charge in [0.25, 0.3) is 0 Å². The lowest BCUT2D eigenvalue weighted by Crippen LogP contribution is -2.03. The Morgan fingerprint density at radius 2 is 2.12 bits per heavy atom. The highest BCUT2D eigenvalue weighted by molar-refractivity contribution is 7.81. The minimum Gasteiger partial charge on any atom is -0.395 e. The van der Waals surface area contributed by atoms with Gasteiger partial charge >= 0.3 is 0 Å². The van der Waals surface area contributed by atoms with Gasteiger partial charge in [0.2, 0.25) is 0 Å². The van der Waals surface area contributed by atoms with E-state index in [0.717, 1.165) is 18.6 Å². The lowest BCUT2D eigenvalue weighted by Gasteiger charge is -2.02. The first-order valence-corrected chi connectivity index (χ1v) is 3.86. The molecule has 0 saturated heterocycles. The van der Waals surface area contributed by atoms with Gasteiger partial charge in [-0.3, -0.25) is 0 Å². The maximum Gasteiger partial charge on any atom is 0.0547 e. The summed E-state index contributed by atoms with van der Waals surface area (Å²) in [5, 5.41) is 8.61.